The monoisotopic (exact) mass is 486 g/mol. The molecule has 0 radical (unpaired) electrons. The molecule has 0 aliphatic heterocycles. The van der Waals surface area contributed by atoms with Crippen molar-refractivity contribution in [1.29, 1.82) is 0 Å². The van der Waals surface area contributed by atoms with Gasteiger partial charge < -0.3 is 4.74 Å². The fraction of sp³-hybridized carbons (Fsp3) is 0.871. The molecule has 3 nitrogen and oxygen atoms in total. The average Bonchev–Trinajstić information content (AvgIpc) is 3.18. The maximum Gasteiger partial charge on any atom is 0.312 e. The Morgan fingerprint density at radius 2 is 1.63 bits per heavy atom. The van der Waals surface area contributed by atoms with Gasteiger partial charge in [-0.05, 0) is 111 Å². The lowest BCUT2D eigenvalue weighted by Crippen LogP contribution is -2.67. The number of halogens is 1. The Kier molecular flexibility index (Phi) is 5.58. The van der Waals surface area contributed by atoms with Crippen molar-refractivity contribution < 1.29 is 18.7 Å². The van der Waals surface area contributed by atoms with Crippen LogP contribution < -0.4 is 0 Å². The van der Waals surface area contributed by atoms with Gasteiger partial charge in [-0.2, -0.15) is 0 Å². The van der Waals surface area contributed by atoms with E-state index in [-0.39, 0.29) is 45.2 Å². The van der Waals surface area contributed by atoms with Gasteiger partial charge in [0.2, 0.25) is 0 Å². The van der Waals surface area contributed by atoms with Crippen molar-refractivity contribution in [1.82, 2.24) is 0 Å². The van der Waals surface area contributed by atoms with Gasteiger partial charge in [0.15, 0.2) is 12.0 Å². The summed E-state index contributed by atoms with van der Waals surface area (Å²) in [5, 5.41) is 0. The molecule has 35 heavy (non-hydrogen) atoms. The number of ketones is 1. The van der Waals surface area contributed by atoms with Gasteiger partial charge in [0.05, 0.1) is 12.5 Å². The Labute approximate surface area is 212 Å². The highest BCUT2D eigenvalue weighted by Gasteiger charge is 2.72. The summed E-state index contributed by atoms with van der Waals surface area (Å²) in [5.74, 6) is 1.54. The molecule has 0 bridgehead atoms. The molecule has 0 aromatic heterocycles. The van der Waals surface area contributed by atoms with E-state index in [9.17, 15) is 9.59 Å². The van der Waals surface area contributed by atoms with Gasteiger partial charge in [0.25, 0.3) is 0 Å². The fourth-order valence-electron chi connectivity index (χ4n) is 11.6. The largest absolute Gasteiger partial charge is 0.469 e. The Morgan fingerprint density at radius 3 is 2.26 bits per heavy atom. The molecule has 0 aromatic rings. The van der Waals surface area contributed by atoms with Gasteiger partial charge in [-0.25, -0.2) is 4.39 Å². The molecular formula is C31H47FO3. The van der Waals surface area contributed by atoms with Gasteiger partial charge in [0.1, 0.15) is 0 Å². The normalized spacial score (nSPS) is 52.5. The van der Waals surface area contributed by atoms with Crippen LogP contribution in [0.25, 0.3) is 0 Å². The molecule has 5 fully saturated rings. The highest BCUT2D eigenvalue weighted by Crippen LogP contribution is 2.77. The maximum absolute atomic E-state index is 15.3. The molecule has 0 aromatic carbocycles. The summed E-state index contributed by atoms with van der Waals surface area (Å²) in [6.45, 7) is 17.8. The Balaban J connectivity index is 1.58. The maximum atomic E-state index is 15.3. The van der Waals surface area contributed by atoms with Crippen LogP contribution in [0.1, 0.15) is 99.3 Å². The number of carbonyl (C=O) groups is 2. The quantitative estimate of drug-likeness (QED) is 0.303. The van der Waals surface area contributed by atoms with E-state index in [0.29, 0.717) is 24.2 Å². The Morgan fingerprint density at radius 1 is 0.943 bits per heavy atom. The molecule has 0 saturated heterocycles. The minimum Gasteiger partial charge on any atom is -0.469 e. The first-order valence-electron chi connectivity index (χ1n) is 14.1. The van der Waals surface area contributed by atoms with Gasteiger partial charge in [-0.1, -0.05) is 46.8 Å². The van der Waals surface area contributed by atoms with E-state index in [0.717, 1.165) is 51.4 Å². The number of Topliss-reactive ketones (excluding diaryl/α,β-unsaturated/α-hetero) is 1. The molecule has 10 atom stereocenters. The highest BCUT2D eigenvalue weighted by molar-refractivity contribution is 5.89. The van der Waals surface area contributed by atoms with E-state index in [1.807, 2.05) is 13.8 Å². The van der Waals surface area contributed by atoms with E-state index < -0.39 is 11.6 Å². The predicted octanol–water partition coefficient (Wildman–Crippen LogP) is 7.33. The molecule has 0 N–H and O–H groups in total. The highest BCUT2D eigenvalue weighted by atomic mass is 19.1. The Hall–Kier alpha value is -1.19. The van der Waals surface area contributed by atoms with Crippen molar-refractivity contribution in [2.24, 2.45) is 56.7 Å². The second kappa shape index (κ2) is 7.67. The number of esters is 1. The lowest BCUT2D eigenvalue weighted by molar-refractivity contribution is -0.239. The van der Waals surface area contributed by atoms with Crippen molar-refractivity contribution in [2.75, 3.05) is 7.11 Å². The first-order valence-corrected chi connectivity index (χ1v) is 14.1. The molecule has 0 amide bonds. The third-order valence-electron chi connectivity index (χ3n) is 13.3. The zero-order chi connectivity index (χ0) is 25.8. The van der Waals surface area contributed by atoms with Gasteiger partial charge in [-0.15, -0.1) is 0 Å². The van der Waals surface area contributed by atoms with Crippen molar-refractivity contribution in [3.8, 4) is 0 Å². The zero-order valence-electron chi connectivity index (χ0n) is 23.1. The van der Waals surface area contributed by atoms with E-state index in [4.69, 9.17) is 4.74 Å². The summed E-state index contributed by atoms with van der Waals surface area (Å²) < 4.78 is 20.7. The number of rotatable bonds is 2. The van der Waals surface area contributed by atoms with Crippen LogP contribution in [0.3, 0.4) is 0 Å². The van der Waals surface area contributed by atoms with Crippen LogP contribution in [-0.4, -0.2) is 25.0 Å². The Bertz CT molecular complexity index is 955. The average molecular weight is 487 g/mol. The van der Waals surface area contributed by atoms with Crippen molar-refractivity contribution in [3.63, 3.8) is 0 Å². The first kappa shape index (κ1) is 25.5. The van der Waals surface area contributed by atoms with Gasteiger partial charge >= 0.3 is 5.97 Å². The zero-order valence-corrected chi connectivity index (χ0v) is 23.1. The van der Waals surface area contributed by atoms with Crippen LogP contribution >= 0.6 is 0 Å². The summed E-state index contributed by atoms with van der Waals surface area (Å²) in [6.07, 6.45) is 7.12. The number of ether oxygens (including phenoxy) is 1. The number of fused-ring (bicyclic) bond motifs is 7. The minimum absolute atomic E-state index is 0.0101. The first-order chi connectivity index (χ1) is 16.2. The molecule has 5 saturated carbocycles. The van der Waals surface area contributed by atoms with Crippen molar-refractivity contribution >= 4 is 11.8 Å². The molecule has 0 spiro atoms. The molecule has 5 aliphatic rings. The number of hydrogen-bond donors (Lipinski definition) is 0. The SMILES string of the molecule is C=C(C)[C@@H]1CC[C@]2(C(=O)OC)CC[C@]3(C)[C@H](CC[C@@H]4[C@@]5(C)CC(F)C(=O)C(C)(C)[C@@H]5CC[C@]43C)[C@@H]12. The van der Waals surface area contributed by atoms with E-state index in [2.05, 4.69) is 34.3 Å². The van der Waals surface area contributed by atoms with Gasteiger partial charge in [-0.3, -0.25) is 9.59 Å². The van der Waals surface area contributed by atoms with E-state index >= 15 is 4.39 Å². The molecule has 4 heteroatoms. The number of methoxy groups -OCH3 is 1. The lowest BCUT2D eigenvalue weighted by Gasteiger charge is -2.72. The van der Waals surface area contributed by atoms with Crippen LogP contribution in [-0.2, 0) is 14.3 Å². The molecule has 5 rings (SSSR count). The molecule has 0 heterocycles. The number of allylic oxidation sites excluding steroid dienone is 1. The second-order valence-electron chi connectivity index (χ2n) is 14.6. The van der Waals surface area contributed by atoms with Crippen LogP contribution in [0.5, 0.6) is 0 Å². The summed E-state index contributed by atoms with van der Waals surface area (Å²) >= 11 is 0. The summed E-state index contributed by atoms with van der Waals surface area (Å²) in [7, 11) is 1.55. The summed E-state index contributed by atoms with van der Waals surface area (Å²) in [6, 6.07) is 0. The van der Waals surface area contributed by atoms with E-state index in [1.54, 1.807) is 7.11 Å². The smallest absolute Gasteiger partial charge is 0.312 e. The summed E-state index contributed by atoms with van der Waals surface area (Å²) in [4.78, 5) is 26.2. The van der Waals surface area contributed by atoms with Crippen LogP contribution in [0.4, 0.5) is 4.39 Å². The number of hydrogen-bond acceptors (Lipinski definition) is 3. The van der Waals surface area contributed by atoms with Crippen LogP contribution in [0.15, 0.2) is 12.2 Å². The lowest BCUT2D eigenvalue weighted by atomic mass is 9.32. The summed E-state index contributed by atoms with van der Waals surface area (Å²) in [5.41, 5.74) is 0.215. The standard InChI is InChI=1S/C31H47FO3/c1-18(2)19-11-14-31(26(34)35-8)16-15-29(6)20(24(19)31)9-10-23-28(5)17-21(32)25(33)27(3,4)22(28)12-13-30(23,29)7/h19-24H,1,9-17H2,2-8H3/t19-,20+,21?,22-,23+,24+,28-,29+,30+,31-/m0/s1. The fourth-order valence-corrected chi connectivity index (χ4v) is 11.6. The van der Waals surface area contributed by atoms with Crippen molar-refractivity contribution in [2.45, 2.75) is 106 Å². The molecular weight excluding hydrogens is 439 g/mol. The van der Waals surface area contributed by atoms with Gasteiger partial charge in [0, 0.05) is 5.41 Å². The third-order valence-corrected chi connectivity index (χ3v) is 13.3. The molecule has 5 aliphatic carbocycles. The van der Waals surface area contributed by atoms with Crippen LogP contribution in [0, 0.1) is 56.7 Å². The minimum atomic E-state index is -1.35. The molecule has 196 valence electrons. The van der Waals surface area contributed by atoms with E-state index in [1.165, 1.54) is 5.57 Å². The predicted molar refractivity (Wildman–Crippen MR) is 136 cm³/mol. The van der Waals surface area contributed by atoms with Crippen LogP contribution in [0.2, 0.25) is 0 Å². The number of alkyl halides is 1. The topological polar surface area (TPSA) is 43.4 Å². The third kappa shape index (κ3) is 2.95. The second-order valence-corrected chi connectivity index (χ2v) is 14.6. The number of carbonyl (C=O) groups excluding carboxylic acids is 2. The van der Waals surface area contributed by atoms with Crippen molar-refractivity contribution in [3.05, 3.63) is 12.2 Å². The molecule has 1 unspecified atom stereocenters.